The molecule has 5 heteroatoms. The predicted molar refractivity (Wildman–Crippen MR) is 103 cm³/mol. The van der Waals surface area contributed by atoms with E-state index in [0.717, 1.165) is 16.7 Å². The van der Waals surface area contributed by atoms with E-state index >= 15 is 0 Å². The van der Waals surface area contributed by atoms with E-state index in [9.17, 15) is 9.59 Å². The summed E-state index contributed by atoms with van der Waals surface area (Å²) >= 11 is 0. The number of hydrogen-bond acceptors (Lipinski definition) is 4. The van der Waals surface area contributed by atoms with Gasteiger partial charge in [0.1, 0.15) is 5.58 Å². The SMILES string of the molecule is COCCN1C(=O)c2oc3cc(C)ccc3c(=O)c2C1c1ccc(C)cc1. The van der Waals surface area contributed by atoms with Crippen LogP contribution in [0.4, 0.5) is 0 Å². The smallest absolute Gasteiger partial charge is 0.290 e. The Balaban J connectivity index is 1.96. The van der Waals surface area contributed by atoms with Gasteiger partial charge in [0.25, 0.3) is 5.91 Å². The molecule has 1 amide bonds. The Hall–Kier alpha value is -2.92. The van der Waals surface area contributed by atoms with Crippen LogP contribution in [0.15, 0.2) is 51.7 Å². The average Bonchev–Trinajstić information content (AvgIpc) is 2.93. The van der Waals surface area contributed by atoms with E-state index in [-0.39, 0.29) is 17.1 Å². The highest BCUT2D eigenvalue weighted by Gasteiger charge is 2.42. The third-order valence-electron chi connectivity index (χ3n) is 5.05. The van der Waals surface area contributed by atoms with Gasteiger partial charge in [0, 0.05) is 13.7 Å². The molecule has 0 N–H and O–H groups in total. The molecule has 5 nitrogen and oxygen atoms in total. The van der Waals surface area contributed by atoms with E-state index in [0.29, 0.717) is 29.7 Å². The molecule has 1 aliphatic rings. The monoisotopic (exact) mass is 363 g/mol. The molecule has 4 rings (SSSR count). The maximum absolute atomic E-state index is 13.3. The van der Waals surface area contributed by atoms with Crippen LogP contribution in [-0.2, 0) is 4.74 Å². The molecule has 0 aliphatic carbocycles. The first kappa shape index (κ1) is 17.5. The molecule has 2 heterocycles. The molecule has 0 bridgehead atoms. The van der Waals surface area contributed by atoms with Crippen molar-refractivity contribution in [2.24, 2.45) is 0 Å². The van der Waals surface area contributed by atoms with Crippen molar-refractivity contribution in [3.63, 3.8) is 0 Å². The Morgan fingerprint density at radius 1 is 1.04 bits per heavy atom. The van der Waals surface area contributed by atoms with E-state index in [1.807, 2.05) is 44.2 Å². The first-order chi connectivity index (χ1) is 13.0. The lowest BCUT2D eigenvalue weighted by Gasteiger charge is -2.24. The summed E-state index contributed by atoms with van der Waals surface area (Å²) in [5, 5.41) is 0.498. The van der Waals surface area contributed by atoms with Crippen molar-refractivity contribution in [2.75, 3.05) is 20.3 Å². The minimum atomic E-state index is -0.467. The van der Waals surface area contributed by atoms with Gasteiger partial charge in [-0.25, -0.2) is 0 Å². The minimum absolute atomic E-state index is 0.139. The Labute approximate surface area is 157 Å². The number of amides is 1. The lowest BCUT2D eigenvalue weighted by atomic mass is 9.97. The molecule has 3 aromatic rings. The third kappa shape index (κ3) is 2.84. The van der Waals surface area contributed by atoms with Crippen LogP contribution in [0.1, 0.15) is 38.9 Å². The summed E-state index contributed by atoms with van der Waals surface area (Å²) in [6.07, 6.45) is 0. The molecule has 27 heavy (non-hydrogen) atoms. The Bertz CT molecular complexity index is 1080. The van der Waals surface area contributed by atoms with Crippen molar-refractivity contribution in [1.82, 2.24) is 4.90 Å². The fourth-order valence-corrected chi connectivity index (χ4v) is 3.64. The molecular weight excluding hydrogens is 342 g/mol. The highest BCUT2D eigenvalue weighted by atomic mass is 16.5. The number of carbonyl (C=O) groups excluding carboxylic acids is 1. The second-order valence-electron chi connectivity index (χ2n) is 6.98. The molecule has 1 aromatic heterocycles. The minimum Gasteiger partial charge on any atom is -0.450 e. The second-order valence-corrected chi connectivity index (χ2v) is 6.98. The number of methoxy groups -OCH3 is 1. The number of carbonyl (C=O) groups is 1. The van der Waals surface area contributed by atoms with Gasteiger partial charge in [0.2, 0.25) is 5.76 Å². The summed E-state index contributed by atoms with van der Waals surface area (Å²) in [6.45, 7) is 4.70. The van der Waals surface area contributed by atoms with Crippen LogP contribution in [0.3, 0.4) is 0 Å². The molecule has 2 aromatic carbocycles. The fourth-order valence-electron chi connectivity index (χ4n) is 3.64. The highest BCUT2D eigenvalue weighted by molar-refractivity contribution is 5.99. The summed E-state index contributed by atoms with van der Waals surface area (Å²) < 4.78 is 11.1. The molecule has 1 aliphatic heterocycles. The quantitative estimate of drug-likeness (QED) is 0.711. The molecule has 0 saturated heterocycles. The largest absolute Gasteiger partial charge is 0.450 e. The van der Waals surface area contributed by atoms with Gasteiger partial charge in [-0.05, 0) is 37.1 Å². The highest BCUT2D eigenvalue weighted by Crippen LogP contribution is 2.38. The predicted octanol–water partition coefficient (Wildman–Crippen LogP) is 3.60. The Morgan fingerprint density at radius 3 is 2.44 bits per heavy atom. The van der Waals surface area contributed by atoms with Crippen molar-refractivity contribution >= 4 is 16.9 Å². The molecule has 0 saturated carbocycles. The molecular formula is C22H21NO4. The maximum Gasteiger partial charge on any atom is 0.290 e. The molecule has 1 unspecified atom stereocenters. The zero-order valence-electron chi connectivity index (χ0n) is 15.6. The fraction of sp³-hybridized carbons (Fsp3) is 0.273. The van der Waals surface area contributed by atoms with Gasteiger partial charge in [-0.1, -0.05) is 35.9 Å². The summed E-state index contributed by atoms with van der Waals surface area (Å²) in [6, 6.07) is 12.9. The summed E-state index contributed by atoms with van der Waals surface area (Å²) in [5.74, 6) is -0.132. The Morgan fingerprint density at radius 2 is 1.74 bits per heavy atom. The lowest BCUT2D eigenvalue weighted by molar-refractivity contribution is 0.0663. The molecule has 0 spiro atoms. The van der Waals surface area contributed by atoms with Crippen molar-refractivity contribution in [1.29, 1.82) is 0 Å². The topological polar surface area (TPSA) is 59.8 Å². The standard InChI is InChI=1S/C22H21NO4/c1-13-4-7-15(8-5-13)19-18-20(24)16-9-6-14(2)12-17(16)27-21(18)22(25)23(19)10-11-26-3/h4-9,12,19H,10-11H2,1-3H3. The normalized spacial score (nSPS) is 16.2. The second kappa shape index (κ2) is 6.67. The van der Waals surface area contributed by atoms with Crippen molar-refractivity contribution in [3.05, 3.63) is 80.7 Å². The van der Waals surface area contributed by atoms with E-state index < -0.39 is 6.04 Å². The zero-order chi connectivity index (χ0) is 19.1. The maximum atomic E-state index is 13.3. The molecule has 138 valence electrons. The van der Waals surface area contributed by atoms with Gasteiger partial charge in [-0.2, -0.15) is 0 Å². The summed E-state index contributed by atoms with van der Waals surface area (Å²) in [4.78, 5) is 28.0. The first-order valence-corrected chi connectivity index (χ1v) is 8.95. The van der Waals surface area contributed by atoms with E-state index in [1.165, 1.54) is 0 Å². The van der Waals surface area contributed by atoms with E-state index in [2.05, 4.69) is 0 Å². The van der Waals surface area contributed by atoms with Crippen LogP contribution in [0.25, 0.3) is 11.0 Å². The number of nitrogens with zero attached hydrogens (tertiary/aromatic N) is 1. The van der Waals surface area contributed by atoms with Gasteiger partial charge in [-0.15, -0.1) is 0 Å². The molecule has 0 radical (unpaired) electrons. The summed E-state index contributed by atoms with van der Waals surface area (Å²) in [5.41, 5.74) is 3.70. The van der Waals surface area contributed by atoms with Crippen molar-refractivity contribution in [2.45, 2.75) is 19.9 Å². The van der Waals surface area contributed by atoms with E-state index in [1.54, 1.807) is 24.1 Å². The number of aryl methyl sites for hydroxylation is 2. The van der Waals surface area contributed by atoms with Crippen LogP contribution >= 0.6 is 0 Å². The Kier molecular flexibility index (Phi) is 4.32. The van der Waals surface area contributed by atoms with Gasteiger partial charge in [-0.3, -0.25) is 9.59 Å². The van der Waals surface area contributed by atoms with Gasteiger partial charge in [0.05, 0.1) is 23.6 Å². The van der Waals surface area contributed by atoms with E-state index in [4.69, 9.17) is 9.15 Å². The lowest BCUT2D eigenvalue weighted by Crippen LogP contribution is -2.32. The van der Waals surface area contributed by atoms with Crippen LogP contribution in [0.2, 0.25) is 0 Å². The first-order valence-electron chi connectivity index (χ1n) is 8.95. The van der Waals surface area contributed by atoms with Gasteiger partial charge >= 0.3 is 0 Å². The van der Waals surface area contributed by atoms with Gasteiger partial charge in [0.15, 0.2) is 5.43 Å². The van der Waals surface area contributed by atoms with Crippen molar-refractivity contribution in [3.8, 4) is 0 Å². The van der Waals surface area contributed by atoms with Crippen LogP contribution in [-0.4, -0.2) is 31.1 Å². The molecule has 0 fully saturated rings. The number of ether oxygens (including phenoxy) is 1. The summed E-state index contributed by atoms with van der Waals surface area (Å²) in [7, 11) is 1.59. The van der Waals surface area contributed by atoms with Crippen LogP contribution in [0.5, 0.6) is 0 Å². The number of fused-ring (bicyclic) bond motifs is 2. The number of rotatable bonds is 4. The van der Waals surface area contributed by atoms with Gasteiger partial charge < -0.3 is 14.1 Å². The zero-order valence-corrected chi connectivity index (χ0v) is 15.6. The number of benzene rings is 2. The van der Waals surface area contributed by atoms with Crippen molar-refractivity contribution < 1.29 is 13.9 Å². The molecule has 1 atom stereocenters. The third-order valence-corrected chi connectivity index (χ3v) is 5.05. The van der Waals surface area contributed by atoms with Crippen LogP contribution in [0, 0.1) is 13.8 Å². The average molecular weight is 363 g/mol. The van der Waals surface area contributed by atoms with Crippen LogP contribution < -0.4 is 5.43 Å². The number of hydrogen-bond donors (Lipinski definition) is 0.